The Balaban J connectivity index is 0.000000304. The summed E-state index contributed by atoms with van der Waals surface area (Å²) in [5.41, 5.74) is 4.84. The second-order valence-electron chi connectivity index (χ2n) is 10.2. The van der Waals surface area contributed by atoms with Gasteiger partial charge in [-0.1, -0.05) is 70.0 Å². The third-order valence-electron chi connectivity index (χ3n) is 7.22. The second kappa shape index (κ2) is 16.3. The van der Waals surface area contributed by atoms with Crippen molar-refractivity contribution in [2.24, 2.45) is 9.98 Å². The maximum atomic E-state index is 5.59. The van der Waals surface area contributed by atoms with E-state index in [2.05, 4.69) is 71.6 Å². The van der Waals surface area contributed by atoms with Crippen LogP contribution in [0.25, 0.3) is 6.08 Å². The summed E-state index contributed by atoms with van der Waals surface area (Å²) < 4.78 is 0. The van der Waals surface area contributed by atoms with Gasteiger partial charge >= 0.3 is 0 Å². The molecule has 0 atom stereocenters. The maximum absolute atomic E-state index is 5.59. The zero-order chi connectivity index (χ0) is 27.2. The predicted molar refractivity (Wildman–Crippen MR) is 165 cm³/mol. The molecule has 0 spiro atoms. The van der Waals surface area contributed by atoms with E-state index >= 15 is 0 Å². The number of hydrogen-bond donors (Lipinski definition) is 2. The number of H-pyrrole nitrogens is 1. The van der Waals surface area contributed by atoms with E-state index in [-0.39, 0.29) is 0 Å². The Morgan fingerprint density at radius 2 is 1.87 bits per heavy atom. The number of hydrogen-bond acceptors (Lipinski definition) is 5. The molecular weight excluding hydrogens is 492 g/mol. The molecule has 4 rings (SSSR count). The van der Waals surface area contributed by atoms with Crippen LogP contribution in [0.3, 0.4) is 0 Å². The van der Waals surface area contributed by atoms with Crippen LogP contribution in [0, 0.1) is 0 Å². The Morgan fingerprint density at radius 3 is 2.61 bits per heavy atom. The number of benzene rings is 1. The van der Waals surface area contributed by atoms with Crippen molar-refractivity contribution >= 4 is 35.0 Å². The monoisotopic (exact) mass is 536 g/mol. The van der Waals surface area contributed by atoms with Crippen molar-refractivity contribution in [1.82, 2.24) is 14.9 Å². The topological polar surface area (TPSA) is 68.7 Å². The summed E-state index contributed by atoms with van der Waals surface area (Å²) in [5.74, 6) is 2.43. The number of rotatable bonds is 13. The molecular formula is C31H45ClN6. The van der Waals surface area contributed by atoms with E-state index < -0.39 is 0 Å². The molecule has 1 fully saturated rings. The number of unbranched alkanes of at least 4 members (excludes halogenated alkanes) is 2. The molecule has 206 valence electrons. The molecule has 1 aromatic heterocycles. The maximum Gasteiger partial charge on any atom is 0.202 e. The first-order valence-corrected chi connectivity index (χ1v) is 14.6. The lowest BCUT2D eigenvalue weighted by molar-refractivity contribution is 0.321. The standard InChI is InChI=1S/C24H37N3.C7H8ClN3/c1-3-4-17-27(2)18-11-10-16-24-25-19-23(26-24)22-15-9-8-14-21(22)20-12-6-5-7-13-20;1-3-5-6(9-4-2)11-7(8)10-5/h8-9,14-15,20H,3-7,10-13,16-19H2,1-2H3;3-4,9H,1-2H2,(H,10,11). The second-order valence-corrected chi connectivity index (χ2v) is 10.5. The first-order chi connectivity index (χ1) is 18.5. The fourth-order valence-corrected chi connectivity index (χ4v) is 5.30. The molecule has 0 amide bonds. The molecule has 7 heteroatoms. The summed E-state index contributed by atoms with van der Waals surface area (Å²) in [4.78, 5) is 18.9. The van der Waals surface area contributed by atoms with Crippen LogP contribution in [-0.2, 0) is 0 Å². The van der Waals surface area contributed by atoms with Gasteiger partial charge in [-0.2, -0.15) is 4.98 Å². The normalized spacial score (nSPS) is 15.5. The van der Waals surface area contributed by atoms with Crippen molar-refractivity contribution in [3.63, 3.8) is 0 Å². The molecule has 1 aliphatic heterocycles. The summed E-state index contributed by atoms with van der Waals surface area (Å²) in [6, 6.07) is 8.95. The number of aromatic amines is 1. The zero-order valence-corrected chi connectivity index (χ0v) is 24.1. The van der Waals surface area contributed by atoms with Gasteiger partial charge in [0.25, 0.3) is 0 Å². The molecule has 2 N–H and O–H groups in total. The molecule has 2 aromatic rings. The zero-order valence-electron chi connectivity index (χ0n) is 23.3. The van der Waals surface area contributed by atoms with E-state index in [1.807, 2.05) is 0 Å². The Hall–Kier alpha value is -2.70. The van der Waals surface area contributed by atoms with Crippen LogP contribution in [0.4, 0.5) is 5.82 Å². The van der Waals surface area contributed by atoms with Crippen LogP contribution in [-0.4, -0.2) is 53.1 Å². The number of aromatic nitrogens is 2. The van der Waals surface area contributed by atoms with Gasteiger partial charge in [0.15, 0.2) is 5.82 Å². The smallest absolute Gasteiger partial charge is 0.202 e. The quantitative estimate of drug-likeness (QED) is 0.254. The summed E-state index contributed by atoms with van der Waals surface area (Å²) in [6.07, 6.45) is 16.0. The molecule has 0 saturated heterocycles. The Kier molecular flexibility index (Phi) is 12.8. The number of amidine groups is 1. The first-order valence-electron chi connectivity index (χ1n) is 14.2. The van der Waals surface area contributed by atoms with Gasteiger partial charge in [-0.3, -0.25) is 4.99 Å². The number of nitrogens with one attached hydrogen (secondary N) is 2. The highest BCUT2D eigenvalue weighted by Gasteiger charge is 2.21. The highest BCUT2D eigenvalue weighted by Crippen LogP contribution is 2.35. The van der Waals surface area contributed by atoms with Crippen molar-refractivity contribution in [1.29, 1.82) is 0 Å². The largest absolute Gasteiger partial charge is 0.345 e. The van der Waals surface area contributed by atoms with Crippen molar-refractivity contribution in [3.8, 4) is 0 Å². The lowest BCUT2D eigenvalue weighted by Crippen LogP contribution is -2.20. The van der Waals surface area contributed by atoms with E-state index in [1.54, 1.807) is 6.08 Å². The number of nitrogens with zero attached hydrogens (tertiary/aromatic N) is 4. The molecule has 38 heavy (non-hydrogen) atoms. The van der Waals surface area contributed by atoms with Gasteiger partial charge in [-0.15, -0.1) is 0 Å². The van der Waals surface area contributed by atoms with Crippen LogP contribution in [0.15, 0.2) is 53.6 Å². The molecule has 1 aliphatic carbocycles. The summed E-state index contributed by atoms with van der Waals surface area (Å²) in [6.45, 7) is 12.5. The highest BCUT2D eigenvalue weighted by atomic mass is 35.5. The molecule has 0 radical (unpaired) electrons. The van der Waals surface area contributed by atoms with E-state index in [0.717, 1.165) is 30.4 Å². The fraction of sp³-hybridized carbons (Fsp3) is 0.516. The third-order valence-corrected chi connectivity index (χ3v) is 7.40. The summed E-state index contributed by atoms with van der Waals surface area (Å²) in [7, 11) is 2.24. The lowest BCUT2D eigenvalue weighted by Gasteiger charge is -2.24. The Labute approximate surface area is 234 Å². The minimum Gasteiger partial charge on any atom is -0.345 e. The van der Waals surface area contributed by atoms with Gasteiger partial charge < -0.3 is 15.2 Å². The summed E-state index contributed by atoms with van der Waals surface area (Å²) >= 11 is 5.59. The minimum absolute atomic E-state index is 0.337. The van der Waals surface area contributed by atoms with Gasteiger partial charge in [0.2, 0.25) is 5.28 Å². The van der Waals surface area contributed by atoms with Crippen LogP contribution >= 0.6 is 11.6 Å². The number of imidazole rings is 1. The highest BCUT2D eigenvalue weighted by molar-refractivity contribution is 6.28. The van der Waals surface area contributed by atoms with E-state index in [9.17, 15) is 0 Å². The van der Waals surface area contributed by atoms with E-state index in [1.165, 1.54) is 93.9 Å². The molecule has 1 aromatic carbocycles. The van der Waals surface area contributed by atoms with Crippen molar-refractivity contribution in [2.75, 3.05) is 32.0 Å². The minimum atomic E-state index is 0.337. The molecule has 0 bridgehead atoms. The first kappa shape index (κ1) is 29.9. The average molecular weight is 537 g/mol. The van der Waals surface area contributed by atoms with Crippen LogP contribution in [0.1, 0.15) is 93.9 Å². The average Bonchev–Trinajstić information content (AvgIpc) is 3.57. The van der Waals surface area contributed by atoms with Gasteiger partial charge in [0, 0.05) is 12.0 Å². The van der Waals surface area contributed by atoms with Crippen LogP contribution in [0.5, 0.6) is 0 Å². The number of anilines is 1. The van der Waals surface area contributed by atoms with Crippen molar-refractivity contribution in [2.45, 2.75) is 77.0 Å². The van der Waals surface area contributed by atoms with Crippen LogP contribution in [0.2, 0.25) is 5.28 Å². The Morgan fingerprint density at radius 1 is 1.11 bits per heavy atom. The molecule has 2 heterocycles. The SMILES string of the molecule is C=CNc1nc(Cl)[nH]c1C=C.CCCCN(C)CCCCC1=NCC(c2ccccc2C2CCCCC2)=N1. The van der Waals surface area contributed by atoms with Gasteiger partial charge in [-0.25, -0.2) is 4.99 Å². The van der Waals surface area contributed by atoms with Gasteiger partial charge in [0.05, 0.1) is 18.0 Å². The molecule has 6 nitrogen and oxygen atoms in total. The lowest BCUT2D eigenvalue weighted by atomic mass is 9.81. The van der Waals surface area contributed by atoms with Gasteiger partial charge in [0.1, 0.15) is 5.84 Å². The van der Waals surface area contributed by atoms with E-state index in [4.69, 9.17) is 21.6 Å². The van der Waals surface area contributed by atoms with E-state index in [0.29, 0.717) is 11.1 Å². The number of aliphatic imine (C=N–C) groups is 2. The third kappa shape index (κ3) is 9.25. The molecule has 0 unspecified atom stereocenters. The predicted octanol–water partition coefficient (Wildman–Crippen LogP) is 8.10. The Bertz CT molecular complexity index is 1080. The summed E-state index contributed by atoms with van der Waals surface area (Å²) in [5, 5.41) is 3.15. The van der Waals surface area contributed by atoms with Crippen LogP contribution < -0.4 is 5.32 Å². The fourth-order valence-electron chi connectivity index (χ4n) is 5.12. The molecule has 1 saturated carbocycles. The number of halogens is 1. The van der Waals surface area contributed by atoms with Gasteiger partial charge in [-0.05, 0) is 87.6 Å². The molecule has 2 aliphatic rings. The van der Waals surface area contributed by atoms with Crippen molar-refractivity contribution in [3.05, 3.63) is 65.7 Å². The van der Waals surface area contributed by atoms with Crippen molar-refractivity contribution < 1.29 is 0 Å².